The van der Waals surface area contributed by atoms with Crippen LogP contribution in [0, 0.1) is 0 Å². The number of nitrogens with zero attached hydrogens (tertiary/aromatic N) is 1. The van der Waals surface area contributed by atoms with Crippen LogP contribution >= 0.6 is 11.3 Å². The van der Waals surface area contributed by atoms with Gasteiger partial charge in [0.2, 0.25) is 0 Å². The second kappa shape index (κ2) is 5.32. The molecule has 0 aliphatic heterocycles. The van der Waals surface area contributed by atoms with Crippen molar-refractivity contribution in [1.29, 1.82) is 0 Å². The molecule has 1 N–H and O–H groups in total. The Morgan fingerprint density at radius 3 is 3.00 bits per heavy atom. The summed E-state index contributed by atoms with van der Waals surface area (Å²) in [5.74, 6) is 0. The fraction of sp³-hybridized carbons (Fsp3) is 0.667. The lowest BCUT2D eigenvalue weighted by molar-refractivity contribution is 0.184. The SMILES string of the molecule is COCc1nc(CNC(C)C)cs1. The lowest BCUT2D eigenvalue weighted by Gasteiger charge is -2.04. The van der Waals surface area contributed by atoms with Crippen molar-refractivity contribution in [3.63, 3.8) is 0 Å². The van der Waals surface area contributed by atoms with Crippen LogP contribution in [0.1, 0.15) is 24.5 Å². The number of thiazole rings is 1. The van der Waals surface area contributed by atoms with E-state index in [1.54, 1.807) is 18.4 Å². The molecular formula is C9H16N2OS. The van der Waals surface area contributed by atoms with Gasteiger partial charge in [0.25, 0.3) is 0 Å². The first-order valence-electron chi connectivity index (χ1n) is 4.38. The molecular weight excluding hydrogens is 184 g/mol. The van der Waals surface area contributed by atoms with Crippen molar-refractivity contribution in [2.45, 2.75) is 33.0 Å². The van der Waals surface area contributed by atoms with Gasteiger partial charge < -0.3 is 10.1 Å². The quantitative estimate of drug-likeness (QED) is 0.787. The smallest absolute Gasteiger partial charge is 0.119 e. The number of hydrogen-bond donors (Lipinski definition) is 1. The highest BCUT2D eigenvalue weighted by Gasteiger charge is 2.01. The van der Waals surface area contributed by atoms with Gasteiger partial charge in [-0.25, -0.2) is 4.98 Å². The Morgan fingerprint density at radius 2 is 2.38 bits per heavy atom. The molecule has 0 spiro atoms. The topological polar surface area (TPSA) is 34.1 Å². The molecule has 0 fully saturated rings. The van der Waals surface area contributed by atoms with Gasteiger partial charge in [0.15, 0.2) is 0 Å². The third-order valence-electron chi connectivity index (χ3n) is 1.56. The zero-order chi connectivity index (χ0) is 9.68. The molecule has 3 nitrogen and oxygen atoms in total. The van der Waals surface area contributed by atoms with E-state index in [1.807, 2.05) is 0 Å². The van der Waals surface area contributed by atoms with E-state index in [1.165, 1.54) is 0 Å². The standard InChI is InChI=1S/C9H16N2OS/c1-7(2)10-4-8-6-13-9(11-8)5-12-3/h6-7,10H,4-5H2,1-3H3. The summed E-state index contributed by atoms with van der Waals surface area (Å²) in [4.78, 5) is 4.40. The Labute approximate surface area is 83.1 Å². The van der Waals surface area contributed by atoms with Crippen LogP contribution in [-0.4, -0.2) is 18.1 Å². The zero-order valence-corrected chi connectivity index (χ0v) is 9.15. The highest BCUT2D eigenvalue weighted by molar-refractivity contribution is 7.09. The predicted octanol–water partition coefficient (Wildman–Crippen LogP) is 1.79. The number of methoxy groups -OCH3 is 1. The van der Waals surface area contributed by atoms with Crippen molar-refractivity contribution in [2.75, 3.05) is 7.11 Å². The molecule has 0 aliphatic rings. The van der Waals surface area contributed by atoms with E-state index in [-0.39, 0.29) is 0 Å². The number of aromatic nitrogens is 1. The molecule has 74 valence electrons. The van der Waals surface area contributed by atoms with Gasteiger partial charge in [-0.15, -0.1) is 11.3 Å². The van der Waals surface area contributed by atoms with E-state index >= 15 is 0 Å². The minimum atomic E-state index is 0.507. The molecule has 4 heteroatoms. The highest BCUT2D eigenvalue weighted by Crippen LogP contribution is 2.10. The zero-order valence-electron chi connectivity index (χ0n) is 8.33. The highest BCUT2D eigenvalue weighted by atomic mass is 32.1. The second-order valence-corrected chi connectivity index (χ2v) is 4.14. The number of rotatable bonds is 5. The van der Waals surface area contributed by atoms with E-state index in [2.05, 4.69) is 29.5 Å². The van der Waals surface area contributed by atoms with Crippen LogP contribution < -0.4 is 5.32 Å². The molecule has 0 unspecified atom stereocenters. The average molecular weight is 200 g/mol. The molecule has 13 heavy (non-hydrogen) atoms. The molecule has 1 aromatic heterocycles. The van der Waals surface area contributed by atoms with E-state index in [0.29, 0.717) is 12.6 Å². The second-order valence-electron chi connectivity index (χ2n) is 3.20. The molecule has 0 amide bonds. The summed E-state index contributed by atoms with van der Waals surface area (Å²) < 4.78 is 4.99. The van der Waals surface area contributed by atoms with Crippen molar-refractivity contribution in [3.8, 4) is 0 Å². The Bertz CT molecular complexity index is 248. The molecule has 0 atom stereocenters. The Morgan fingerprint density at radius 1 is 1.62 bits per heavy atom. The number of nitrogens with one attached hydrogen (secondary N) is 1. The van der Waals surface area contributed by atoms with Crippen molar-refractivity contribution in [2.24, 2.45) is 0 Å². The molecule has 1 aromatic rings. The Hall–Kier alpha value is -0.450. The fourth-order valence-electron chi connectivity index (χ4n) is 0.929. The fourth-order valence-corrected chi connectivity index (χ4v) is 1.69. The van der Waals surface area contributed by atoms with Crippen LogP contribution in [0.15, 0.2) is 5.38 Å². The van der Waals surface area contributed by atoms with Crippen molar-refractivity contribution >= 4 is 11.3 Å². The van der Waals surface area contributed by atoms with E-state index in [4.69, 9.17) is 4.74 Å². The summed E-state index contributed by atoms with van der Waals surface area (Å²) >= 11 is 1.65. The van der Waals surface area contributed by atoms with E-state index in [9.17, 15) is 0 Å². The van der Waals surface area contributed by atoms with Gasteiger partial charge in [-0.05, 0) is 0 Å². The monoisotopic (exact) mass is 200 g/mol. The minimum absolute atomic E-state index is 0.507. The Balaban J connectivity index is 2.39. The molecule has 0 aliphatic carbocycles. The maximum Gasteiger partial charge on any atom is 0.119 e. The summed E-state index contributed by atoms with van der Waals surface area (Å²) in [6.07, 6.45) is 0. The van der Waals surface area contributed by atoms with Crippen molar-refractivity contribution < 1.29 is 4.74 Å². The summed E-state index contributed by atoms with van der Waals surface area (Å²) in [5.41, 5.74) is 1.10. The van der Waals surface area contributed by atoms with Crippen LogP contribution in [0.25, 0.3) is 0 Å². The minimum Gasteiger partial charge on any atom is -0.378 e. The normalized spacial score (nSPS) is 11.1. The lowest BCUT2D eigenvalue weighted by atomic mass is 10.4. The summed E-state index contributed by atoms with van der Waals surface area (Å²) in [7, 11) is 1.69. The van der Waals surface area contributed by atoms with Crippen LogP contribution in [0.4, 0.5) is 0 Å². The van der Waals surface area contributed by atoms with Crippen LogP contribution in [-0.2, 0) is 17.9 Å². The van der Waals surface area contributed by atoms with Crippen LogP contribution in [0.3, 0.4) is 0 Å². The van der Waals surface area contributed by atoms with Crippen LogP contribution in [0.2, 0.25) is 0 Å². The summed E-state index contributed by atoms with van der Waals surface area (Å²) in [6, 6.07) is 0.507. The van der Waals surface area contributed by atoms with E-state index < -0.39 is 0 Å². The largest absolute Gasteiger partial charge is 0.378 e. The third-order valence-corrected chi connectivity index (χ3v) is 2.43. The number of hydrogen-bond acceptors (Lipinski definition) is 4. The first-order chi connectivity index (χ1) is 6.22. The van der Waals surface area contributed by atoms with Gasteiger partial charge in [-0.2, -0.15) is 0 Å². The molecule has 0 bridgehead atoms. The third kappa shape index (κ3) is 3.85. The Kier molecular flexibility index (Phi) is 4.35. The first-order valence-corrected chi connectivity index (χ1v) is 5.26. The molecule has 0 saturated carbocycles. The number of ether oxygens (including phenoxy) is 1. The van der Waals surface area contributed by atoms with Crippen LogP contribution in [0.5, 0.6) is 0 Å². The maximum absolute atomic E-state index is 4.99. The average Bonchev–Trinajstić information content (AvgIpc) is 2.50. The van der Waals surface area contributed by atoms with E-state index in [0.717, 1.165) is 17.2 Å². The van der Waals surface area contributed by atoms with Gasteiger partial charge in [-0.3, -0.25) is 0 Å². The predicted molar refractivity (Wildman–Crippen MR) is 54.8 cm³/mol. The molecule has 1 rings (SSSR count). The lowest BCUT2D eigenvalue weighted by Crippen LogP contribution is -2.21. The molecule has 0 radical (unpaired) electrons. The van der Waals surface area contributed by atoms with Gasteiger partial charge in [0.05, 0.1) is 12.3 Å². The first kappa shape index (κ1) is 10.6. The summed E-state index contributed by atoms with van der Waals surface area (Å²) in [5, 5.41) is 6.44. The van der Waals surface area contributed by atoms with Crippen molar-refractivity contribution in [3.05, 3.63) is 16.1 Å². The van der Waals surface area contributed by atoms with Gasteiger partial charge in [0, 0.05) is 25.1 Å². The van der Waals surface area contributed by atoms with Crippen molar-refractivity contribution in [1.82, 2.24) is 10.3 Å². The maximum atomic E-state index is 4.99. The van der Waals surface area contributed by atoms with Gasteiger partial charge in [-0.1, -0.05) is 13.8 Å². The van der Waals surface area contributed by atoms with Gasteiger partial charge in [0.1, 0.15) is 5.01 Å². The molecule has 0 saturated heterocycles. The van der Waals surface area contributed by atoms with Gasteiger partial charge >= 0.3 is 0 Å². The molecule has 0 aromatic carbocycles. The summed E-state index contributed by atoms with van der Waals surface area (Å²) in [6.45, 7) is 5.72. The molecule has 1 heterocycles.